The van der Waals surface area contributed by atoms with E-state index in [0.717, 1.165) is 35.5 Å². The Hall–Kier alpha value is -1.07. The lowest BCUT2D eigenvalue weighted by Crippen LogP contribution is -2.30. The number of carbonyl (C=O) groups excluding carboxylic acids is 1. The Balaban J connectivity index is 1.92. The van der Waals surface area contributed by atoms with E-state index >= 15 is 0 Å². The Morgan fingerprint density at radius 3 is 3.10 bits per heavy atom. The van der Waals surface area contributed by atoms with Gasteiger partial charge in [0.25, 0.3) is 0 Å². The van der Waals surface area contributed by atoms with Crippen molar-refractivity contribution in [2.75, 3.05) is 12.3 Å². The topological polar surface area (TPSA) is 55.1 Å². The predicted molar refractivity (Wildman–Crippen MR) is 84.7 cm³/mol. The molecule has 21 heavy (non-hydrogen) atoms. The van der Waals surface area contributed by atoms with Crippen LogP contribution in [0.25, 0.3) is 0 Å². The predicted octanol–water partition coefficient (Wildman–Crippen LogP) is 3.24. The fraction of sp³-hybridized carbons (Fsp3) is 0.562. The van der Waals surface area contributed by atoms with Crippen LogP contribution in [0.2, 0.25) is 0 Å². The molecule has 1 aliphatic heterocycles. The van der Waals surface area contributed by atoms with E-state index in [0.29, 0.717) is 18.9 Å². The molecule has 5 heteroatoms. The first kappa shape index (κ1) is 16.3. The number of amides is 1. The molecule has 3 N–H and O–H groups in total. The van der Waals surface area contributed by atoms with Gasteiger partial charge in [0.2, 0.25) is 5.91 Å². The molecule has 0 radical (unpaired) electrons. The maximum atomic E-state index is 13.4. The van der Waals surface area contributed by atoms with E-state index < -0.39 is 0 Å². The molecule has 0 bridgehead atoms. The van der Waals surface area contributed by atoms with Crippen molar-refractivity contribution in [1.29, 1.82) is 0 Å². The second-order valence-electron chi connectivity index (χ2n) is 5.66. The summed E-state index contributed by atoms with van der Waals surface area (Å²) in [5.74, 6) is 1.22. The largest absolute Gasteiger partial charge is 0.349 e. The van der Waals surface area contributed by atoms with Crippen molar-refractivity contribution in [3.8, 4) is 0 Å². The highest BCUT2D eigenvalue weighted by Crippen LogP contribution is 2.36. The second-order valence-corrected chi connectivity index (χ2v) is 6.80. The highest BCUT2D eigenvalue weighted by atomic mass is 32.2. The number of hydrogen-bond acceptors (Lipinski definition) is 3. The van der Waals surface area contributed by atoms with Crippen LogP contribution in [-0.4, -0.2) is 18.2 Å². The summed E-state index contributed by atoms with van der Waals surface area (Å²) in [6.07, 6.45) is 3.16. The van der Waals surface area contributed by atoms with Crippen LogP contribution in [-0.2, 0) is 4.79 Å². The summed E-state index contributed by atoms with van der Waals surface area (Å²) in [6, 6.07) is 4.76. The maximum Gasteiger partial charge on any atom is 0.220 e. The Kier molecular flexibility index (Phi) is 6.06. The van der Waals surface area contributed by atoms with Crippen LogP contribution in [0.15, 0.2) is 23.1 Å². The molecule has 0 saturated carbocycles. The second kappa shape index (κ2) is 7.80. The molecule has 2 atom stereocenters. The third-order valence-corrected chi connectivity index (χ3v) is 4.99. The van der Waals surface area contributed by atoms with Gasteiger partial charge >= 0.3 is 0 Å². The van der Waals surface area contributed by atoms with Crippen molar-refractivity contribution in [3.63, 3.8) is 0 Å². The van der Waals surface area contributed by atoms with E-state index in [1.807, 2.05) is 0 Å². The monoisotopic (exact) mass is 310 g/mol. The van der Waals surface area contributed by atoms with Gasteiger partial charge in [-0.3, -0.25) is 4.79 Å². The van der Waals surface area contributed by atoms with Gasteiger partial charge in [0, 0.05) is 17.1 Å². The molecule has 1 heterocycles. The lowest BCUT2D eigenvalue weighted by molar-refractivity contribution is -0.122. The molecule has 2 rings (SSSR count). The average molecular weight is 310 g/mol. The first-order valence-corrected chi connectivity index (χ1v) is 8.50. The zero-order chi connectivity index (χ0) is 15.2. The molecule has 0 spiro atoms. The van der Waals surface area contributed by atoms with Crippen molar-refractivity contribution in [1.82, 2.24) is 5.32 Å². The summed E-state index contributed by atoms with van der Waals surface area (Å²) >= 11 is 1.72. The summed E-state index contributed by atoms with van der Waals surface area (Å²) in [7, 11) is 0. The van der Waals surface area contributed by atoms with E-state index in [4.69, 9.17) is 5.73 Å². The smallest absolute Gasteiger partial charge is 0.220 e. The van der Waals surface area contributed by atoms with E-state index in [1.54, 1.807) is 23.9 Å². The zero-order valence-electron chi connectivity index (χ0n) is 12.4. The fourth-order valence-corrected chi connectivity index (χ4v) is 3.69. The van der Waals surface area contributed by atoms with Crippen LogP contribution < -0.4 is 11.1 Å². The Bertz CT molecular complexity index is 495. The minimum absolute atomic E-state index is 0.0472. The van der Waals surface area contributed by atoms with Gasteiger partial charge < -0.3 is 11.1 Å². The molecule has 3 nitrogen and oxygen atoms in total. The average Bonchev–Trinajstić information content (AvgIpc) is 2.46. The van der Waals surface area contributed by atoms with Gasteiger partial charge in [-0.15, -0.1) is 11.8 Å². The van der Waals surface area contributed by atoms with E-state index in [9.17, 15) is 9.18 Å². The molecule has 1 amide bonds. The molecule has 1 aromatic rings. The van der Waals surface area contributed by atoms with Crippen LogP contribution in [0.4, 0.5) is 4.39 Å². The number of benzene rings is 1. The summed E-state index contributed by atoms with van der Waals surface area (Å²) in [4.78, 5) is 13.1. The van der Waals surface area contributed by atoms with Crippen LogP contribution >= 0.6 is 11.8 Å². The number of halogens is 1. The molecule has 0 fully saturated rings. The maximum absolute atomic E-state index is 13.4. The number of thioether (sulfide) groups is 1. The third-order valence-electron chi connectivity index (χ3n) is 3.87. The standard InChI is InChI=1S/C16H23FN2OS/c1-11(6-8-18)2-5-16(20)19-14-7-9-21-15-4-3-12(17)10-13(14)15/h3-4,10-11,14H,2,5-9,18H2,1H3,(H,19,20). The lowest BCUT2D eigenvalue weighted by atomic mass is 10.0. The number of hydrogen-bond donors (Lipinski definition) is 2. The zero-order valence-corrected chi connectivity index (χ0v) is 13.2. The Morgan fingerprint density at radius 1 is 1.52 bits per heavy atom. The van der Waals surface area contributed by atoms with Crippen LogP contribution in [0.3, 0.4) is 0 Å². The van der Waals surface area contributed by atoms with Crippen molar-refractivity contribution < 1.29 is 9.18 Å². The van der Waals surface area contributed by atoms with Crippen LogP contribution in [0.5, 0.6) is 0 Å². The molecular formula is C16H23FN2OS. The fourth-order valence-electron chi connectivity index (χ4n) is 2.59. The third kappa shape index (κ3) is 4.71. The molecule has 2 unspecified atom stereocenters. The minimum atomic E-state index is -0.243. The SMILES string of the molecule is CC(CCN)CCC(=O)NC1CCSc2ccc(F)cc21. The number of fused-ring (bicyclic) bond motifs is 1. The first-order chi connectivity index (χ1) is 10.1. The highest BCUT2D eigenvalue weighted by Gasteiger charge is 2.22. The molecule has 1 aliphatic rings. The van der Waals surface area contributed by atoms with E-state index in [2.05, 4.69) is 12.2 Å². The van der Waals surface area contributed by atoms with Crippen LogP contribution in [0, 0.1) is 11.7 Å². The van der Waals surface area contributed by atoms with Crippen molar-refractivity contribution >= 4 is 17.7 Å². The van der Waals surface area contributed by atoms with Gasteiger partial charge in [0.15, 0.2) is 0 Å². The highest BCUT2D eigenvalue weighted by molar-refractivity contribution is 7.99. The lowest BCUT2D eigenvalue weighted by Gasteiger charge is -2.26. The molecular weight excluding hydrogens is 287 g/mol. The van der Waals surface area contributed by atoms with Crippen molar-refractivity contribution in [3.05, 3.63) is 29.6 Å². The first-order valence-electron chi connectivity index (χ1n) is 7.52. The van der Waals surface area contributed by atoms with Gasteiger partial charge in [0.1, 0.15) is 5.82 Å². The van der Waals surface area contributed by atoms with E-state index in [-0.39, 0.29) is 17.8 Å². The van der Waals surface area contributed by atoms with E-state index in [1.165, 1.54) is 6.07 Å². The molecule has 0 saturated heterocycles. The molecule has 0 aliphatic carbocycles. The Morgan fingerprint density at radius 2 is 2.33 bits per heavy atom. The summed E-state index contributed by atoms with van der Waals surface area (Å²) in [5.41, 5.74) is 6.43. The molecule has 0 aromatic heterocycles. The number of nitrogens with one attached hydrogen (secondary N) is 1. The summed E-state index contributed by atoms with van der Waals surface area (Å²) < 4.78 is 13.4. The van der Waals surface area contributed by atoms with Gasteiger partial charge in [0.05, 0.1) is 6.04 Å². The summed E-state index contributed by atoms with van der Waals surface area (Å²) in [6.45, 7) is 2.78. The summed E-state index contributed by atoms with van der Waals surface area (Å²) in [5, 5.41) is 3.05. The van der Waals surface area contributed by atoms with Gasteiger partial charge in [-0.25, -0.2) is 4.39 Å². The minimum Gasteiger partial charge on any atom is -0.349 e. The number of carbonyl (C=O) groups is 1. The van der Waals surface area contributed by atoms with Crippen LogP contribution in [0.1, 0.15) is 44.2 Å². The Labute approximate surface area is 129 Å². The molecule has 116 valence electrons. The van der Waals surface area contributed by atoms with Gasteiger partial charge in [-0.2, -0.15) is 0 Å². The number of nitrogens with two attached hydrogens (primary N) is 1. The number of rotatable bonds is 6. The van der Waals surface area contributed by atoms with Gasteiger partial charge in [-0.05, 0) is 55.5 Å². The van der Waals surface area contributed by atoms with Crippen molar-refractivity contribution in [2.24, 2.45) is 11.7 Å². The normalized spacial score (nSPS) is 18.9. The quantitative estimate of drug-likeness (QED) is 0.848. The molecule has 1 aromatic carbocycles. The van der Waals surface area contributed by atoms with Gasteiger partial charge in [-0.1, -0.05) is 6.92 Å². The van der Waals surface area contributed by atoms with Crippen molar-refractivity contribution in [2.45, 2.75) is 43.5 Å².